The van der Waals surface area contributed by atoms with Crippen molar-refractivity contribution in [2.45, 2.75) is 12.5 Å². The van der Waals surface area contributed by atoms with E-state index in [0.717, 1.165) is 0 Å². The number of nitrogens with zero attached hydrogens (tertiary/aromatic N) is 1. The average Bonchev–Trinajstić information content (AvgIpc) is 1.78. The summed E-state index contributed by atoms with van der Waals surface area (Å²) in [6.45, 7) is 2.85. The molecule has 0 atom stereocenters. The maximum Gasteiger partial charge on any atom is 0.211 e. The van der Waals surface area contributed by atoms with E-state index in [9.17, 15) is 8.42 Å². The summed E-state index contributed by atoms with van der Waals surface area (Å²) in [6, 6.07) is 0. The molecule has 0 radical (unpaired) electrons. The van der Waals surface area contributed by atoms with Crippen molar-refractivity contribution in [3.05, 3.63) is 0 Å². The first-order valence-corrected chi connectivity index (χ1v) is 5.22. The van der Waals surface area contributed by atoms with Crippen molar-refractivity contribution in [3.8, 4) is 0 Å². The minimum Gasteiger partial charge on any atom is -0.376 e. The zero-order valence-corrected chi connectivity index (χ0v) is 7.81. The van der Waals surface area contributed by atoms with Crippen LogP contribution in [0.3, 0.4) is 0 Å². The molecule has 1 fully saturated rings. The Bertz CT molecular complexity index is 241. The molecule has 0 aromatic rings. The van der Waals surface area contributed by atoms with Gasteiger partial charge >= 0.3 is 0 Å². The van der Waals surface area contributed by atoms with Crippen molar-refractivity contribution in [1.82, 2.24) is 4.31 Å². The summed E-state index contributed by atoms with van der Waals surface area (Å²) in [5, 5.41) is 0. The number of rotatable bonds is 2. The molecule has 11 heavy (non-hydrogen) atoms. The molecule has 0 aromatic heterocycles. The SMILES string of the molecule is COC1(C)CN(S(C)(=O)=O)C1. The van der Waals surface area contributed by atoms with E-state index in [-0.39, 0.29) is 5.60 Å². The molecule has 1 saturated heterocycles. The Kier molecular flexibility index (Phi) is 1.98. The van der Waals surface area contributed by atoms with E-state index in [1.54, 1.807) is 7.11 Å². The van der Waals surface area contributed by atoms with Crippen molar-refractivity contribution < 1.29 is 13.2 Å². The highest BCUT2D eigenvalue weighted by Gasteiger charge is 2.43. The van der Waals surface area contributed by atoms with Gasteiger partial charge in [0.1, 0.15) is 0 Å². The molecule has 1 heterocycles. The molecule has 0 saturated carbocycles. The van der Waals surface area contributed by atoms with Crippen molar-refractivity contribution in [1.29, 1.82) is 0 Å². The molecule has 0 unspecified atom stereocenters. The van der Waals surface area contributed by atoms with Gasteiger partial charge in [-0.2, -0.15) is 4.31 Å². The maximum atomic E-state index is 10.9. The number of hydrogen-bond acceptors (Lipinski definition) is 3. The third-order valence-electron chi connectivity index (χ3n) is 1.98. The topological polar surface area (TPSA) is 46.6 Å². The summed E-state index contributed by atoms with van der Waals surface area (Å²) in [6.07, 6.45) is 1.21. The number of ether oxygens (including phenoxy) is 1. The summed E-state index contributed by atoms with van der Waals surface area (Å²) in [4.78, 5) is 0. The zero-order valence-electron chi connectivity index (χ0n) is 6.99. The van der Waals surface area contributed by atoms with Gasteiger partial charge in [-0.05, 0) is 6.92 Å². The van der Waals surface area contributed by atoms with E-state index in [2.05, 4.69) is 0 Å². The second kappa shape index (κ2) is 2.43. The molecule has 0 aromatic carbocycles. The van der Waals surface area contributed by atoms with Gasteiger partial charge in [-0.15, -0.1) is 0 Å². The van der Waals surface area contributed by atoms with Crippen LogP contribution >= 0.6 is 0 Å². The van der Waals surface area contributed by atoms with Gasteiger partial charge in [0.05, 0.1) is 11.9 Å². The molecule has 1 rings (SSSR count). The van der Waals surface area contributed by atoms with Gasteiger partial charge in [-0.3, -0.25) is 0 Å². The minimum absolute atomic E-state index is 0.261. The second-order valence-electron chi connectivity index (χ2n) is 3.19. The second-order valence-corrected chi connectivity index (χ2v) is 5.17. The molecule has 1 aliphatic rings. The van der Waals surface area contributed by atoms with Crippen LogP contribution in [0.25, 0.3) is 0 Å². The normalized spacial score (nSPS) is 24.6. The molecule has 0 amide bonds. The highest BCUT2D eigenvalue weighted by Crippen LogP contribution is 2.25. The van der Waals surface area contributed by atoms with E-state index in [1.165, 1.54) is 10.6 Å². The van der Waals surface area contributed by atoms with Gasteiger partial charge in [0, 0.05) is 20.2 Å². The Labute approximate surface area is 67.2 Å². The van der Waals surface area contributed by atoms with Crippen molar-refractivity contribution in [2.75, 3.05) is 26.5 Å². The standard InChI is InChI=1S/C6H13NO3S/c1-6(10-2)4-7(5-6)11(3,8)9/h4-5H2,1-3H3. The lowest BCUT2D eigenvalue weighted by Crippen LogP contribution is -2.62. The lowest BCUT2D eigenvalue weighted by molar-refractivity contribution is -0.0766. The van der Waals surface area contributed by atoms with Crippen LogP contribution < -0.4 is 0 Å². The smallest absolute Gasteiger partial charge is 0.211 e. The summed E-state index contributed by atoms with van der Waals surface area (Å²) >= 11 is 0. The zero-order chi connectivity index (χ0) is 8.70. The number of sulfonamides is 1. The van der Waals surface area contributed by atoms with Gasteiger partial charge in [0.15, 0.2) is 0 Å². The molecule has 1 aliphatic heterocycles. The van der Waals surface area contributed by atoms with E-state index in [0.29, 0.717) is 13.1 Å². The van der Waals surface area contributed by atoms with Crippen molar-refractivity contribution in [3.63, 3.8) is 0 Å². The van der Waals surface area contributed by atoms with Crippen LogP contribution in [0, 0.1) is 0 Å². The molecule has 5 heteroatoms. The summed E-state index contributed by atoms with van der Waals surface area (Å²) < 4.78 is 28.3. The maximum absolute atomic E-state index is 10.9. The Balaban J connectivity index is 2.54. The molecule has 0 bridgehead atoms. The van der Waals surface area contributed by atoms with Crippen LogP contribution in [-0.2, 0) is 14.8 Å². The Morgan fingerprint density at radius 1 is 1.45 bits per heavy atom. The van der Waals surface area contributed by atoms with E-state index in [4.69, 9.17) is 4.74 Å². The van der Waals surface area contributed by atoms with Gasteiger partial charge in [0.2, 0.25) is 10.0 Å². The molecule has 66 valence electrons. The van der Waals surface area contributed by atoms with Gasteiger partial charge in [-0.25, -0.2) is 8.42 Å². The predicted molar refractivity (Wildman–Crippen MR) is 41.8 cm³/mol. The highest BCUT2D eigenvalue weighted by molar-refractivity contribution is 7.88. The Morgan fingerprint density at radius 3 is 2.18 bits per heavy atom. The molecular formula is C6H13NO3S. The fourth-order valence-corrected chi connectivity index (χ4v) is 2.08. The fourth-order valence-electron chi connectivity index (χ4n) is 1.06. The molecule has 0 N–H and O–H groups in total. The lowest BCUT2D eigenvalue weighted by atomic mass is 10.0. The van der Waals surface area contributed by atoms with Crippen LogP contribution in [0.15, 0.2) is 0 Å². The summed E-state index contributed by atoms with van der Waals surface area (Å²) in [5.41, 5.74) is -0.261. The van der Waals surface area contributed by atoms with Crippen LogP contribution in [0.4, 0.5) is 0 Å². The van der Waals surface area contributed by atoms with Crippen LogP contribution in [0.5, 0.6) is 0 Å². The Hall–Kier alpha value is -0.130. The molecule has 0 aliphatic carbocycles. The van der Waals surface area contributed by atoms with E-state index in [1.807, 2.05) is 6.92 Å². The van der Waals surface area contributed by atoms with E-state index >= 15 is 0 Å². The minimum atomic E-state index is -2.99. The first kappa shape index (κ1) is 8.96. The van der Waals surface area contributed by atoms with Gasteiger partial charge in [0.25, 0.3) is 0 Å². The van der Waals surface area contributed by atoms with Crippen LogP contribution in [0.1, 0.15) is 6.92 Å². The molecule has 0 spiro atoms. The largest absolute Gasteiger partial charge is 0.376 e. The van der Waals surface area contributed by atoms with Gasteiger partial charge < -0.3 is 4.74 Å². The van der Waals surface area contributed by atoms with E-state index < -0.39 is 10.0 Å². The third kappa shape index (κ3) is 1.72. The predicted octanol–water partition coefficient (Wildman–Crippen LogP) is -0.333. The number of hydrogen-bond donors (Lipinski definition) is 0. The van der Waals surface area contributed by atoms with Crippen molar-refractivity contribution in [2.24, 2.45) is 0 Å². The Morgan fingerprint density at radius 2 is 1.91 bits per heavy atom. The van der Waals surface area contributed by atoms with Crippen LogP contribution in [0.2, 0.25) is 0 Å². The summed E-state index contributed by atoms with van der Waals surface area (Å²) in [7, 11) is -1.40. The molecular weight excluding hydrogens is 166 g/mol. The first-order valence-electron chi connectivity index (χ1n) is 3.38. The third-order valence-corrected chi connectivity index (χ3v) is 3.18. The summed E-state index contributed by atoms with van der Waals surface area (Å²) in [5.74, 6) is 0. The molecule has 4 nitrogen and oxygen atoms in total. The highest BCUT2D eigenvalue weighted by atomic mass is 32.2. The number of methoxy groups -OCH3 is 1. The first-order chi connectivity index (χ1) is 4.87. The average molecular weight is 179 g/mol. The van der Waals surface area contributed by atoms with Crippen LogP contribution in [-0.4, -0.2) is 44.8 Å². The monoisotopic (exact) mass is 179 g/mol. The fraction of sp³-hybridized carbons (Fsp3) is 1.00. The van der Waals surface area contributed by atoms with Crippen molar-refractivity contribution >= 4 is 10.0 Å². The lowest BCUT2D eigenvalue weighted by Gasteiger charge is -2.44. The van der Waals surface area contributed by atoms with Gasteiger partial charge in [-0.1, -0.05) is 0 Å². The quantitative estimate of drug-likeness (QED) is 0.583.